The Bertz CT molecular complexity index is 743. The molecular weight excluding hydrogens is 310 g/mol. The van der Waals surface area contributed by atoms with Gasteiger partial charge in [-0.05, 0) is 24.0 Å². The van der Waals surface area contributed by atoms with Gasteiger partial charge in [-0.15, -0.1) is 6.58 Å². The van der Waals surface area contributed by atoms with Gasteiger partial charge in [-0.3, -0.25) is 19.3 Å². The van der Waals surface area contributed by atoms with Crippen LogP contribution in [0.5, 0.6) is 0 Å². The molecule has 3 rings (SSSR count). The van der Waals surface area contributed by atoms with Crippen LogP contribution in [0.2, 0.25) is 0 Å². The van der Waals surface area contributed by atoms with Crippen molar-refractivity contribution >= 4 is 23.8 Å². The van der Waals surface area contributed by atoms with Gasteiger partial charge in [0.05, 0.1) is 6.04 Å². The molecule has 0 saturated carbocycles. The Balaban J connectivity index is 1.66. The maximum absolute atomic E-state index is 12.2. The van der Waals surface area contributed by atoms with Gasteiger partial charge >= 0.3 is 17.8 Å². The largest absolute Gasteiger partial charge is 0.348 e. The fraction of sp³-hybridized carbons (Fsp3) is 0.294. The zero-order valence-electron chi connectivity index (χ0n) is 13.0. The Morgan fingerprint density at radius 2 is 1.92 bits per heavy atom. The van der Waals surface area contributed by atoms with Gasteiger partial charge < -0.3 is 5.32 Å². The highest BCUT2D eigenvalue weighted by atomic mass is 16.2. The third kappa shape index (κ3) is 2.68. The van der Waals surface area contributed by atoms with E-state index < -0.39 is 30.3 Å². The summed E-state index contributed by atoms with van der Waals surface area (Å²) < 4.78 is 0. The number of rotatable bonds is 5. The second kappa shape index (κ2) is 6.27. The molecule has 1 aliphatic carbocycles. The van der Waals surface area contributed by atoms with Crippen molar-refractivity contribution in [1.82, 2.24) is 15.1 Å². The number of hydrogen-bond acceptors (Lipinski definition) is 4. The van der Waals surface area contributed by atoms with Crippen molar-refractivity contribution < 1.29 is 19.2 Å². The lowest BCUT2D eigenvalue weighted by Gasteiger charge is -2.17. The van der Waals surface area contributed by atoms with Crippen LogP contribution < -0.4 is 5.32 Å². The van der Waals surface area contributed by atoms with Gasteiger partial charge in [0, 0.05) is 6.54 Å². The molecule has 1 N–H and O–H groups in total. The molecule has 0 radical (unpaired) electrons. The molecule has 0 aromatic heterocycles. The quantitative estimate of drug-likeness (QED) is 0.491. The minimum Gasteiger partial charge on any atom is -0.348 e. The summed E-state index contributed by atoms with van der Waals surface area (Å²) in [4.78, 5) is 49.3. The Kier molecular flexibility index (Phi) is 4.16. The number of amides is 5. The van der Waals surface area contributed by atoms with Crippen LogP contribution in [-0.2, 0) is 20.8 Å². The second-order valence-electron chi connectivity index (χ2n) is 5.74. The Hall–Kier alpha value is -2.96. The van der Waals surface area contributed by atoms with Crippen molar-refractivity contribution in [2.75, 3.05) is 13.1 Å². The van der Waals surface area contributed by atoms with Crippen LogP contribution in [0, 0.1) is 0 Å². The Labute approximate surface area is 138 Å². The molecule has 0 unspecified atom stereocenters. The van der Waals surface area contributed by atoms with Crippen LogP contribution in [0.25, 0.3) is 0 Å². The van der Waals surface area contributed by atoms with Gasteiger partial charge in [-0.1, -0.05) is 30.3 Å². The Morgan fingerprint density at radius 1 is 1.21 bits per heavy atom. The first-order valence-electron chi connectivity index (χ1n) is 7.68. The van der Waals surface area contributed by atoms with E-state index in [1.165, 1.54) is 11.6 Å². The molecule has 124 valence electrons. The summed E-state index contributed by atoms with van der Waals surface area (Å²) in [6.45, 7) is 2.92. The maximum Gasteiger partial charge on any atom is 0.335 e. The fourth-order valence-electron chi connectivity index (χ4n) is 3.07. The molecule has 1 aromatic carbocycles. The molecular formula is C17H17N3O4. The van der Waals surface area contributed by atoms with E-state index in [2.05, 4.69) is 11.9 Å². The van der Waals surface area contributed by atoms with Gasteiger partial charge in [-0.2, -0.15) is 0 Å². The predicted molar refractivity (Wildman–Crippen MR) is 84.7 cm³/mol. The number of nitrogens with one attached hydrogen (secondary N) is 1. The first-order valence-corrected chi connectivity index (χ1v) is 7.68. The van der Waals surface area contributed by atoms with Crippen LogP contribution in [0.1, 0.15) is 23.6 Å². The smallest absolute Gasteiger partial charge is 0.335 e. The number of benzene rings is 1. The van der Waals surface area contributed by atoms with Gasteiger partial charge in [-0.25, -0.2) is 9.69 Å². The highest BCUT2D eigenvalue weighted by Gasteiger charge is 2.44. The second-order valence-corrected chi connectivity index (χ2v) is 5.74. The van der Waals surface area contributed by atoms with Gasteiger partial charge in [0.1, 0.15) is 6.54 Å². The molecule has 5 amide bonds. The number of urea groups is 1. The average Bonchev–Trinajstić information content (AvgIpc) is 3.06. The summed E-state index contributed by atoms with van der Waals surface area (Å²) in [5.74, 6) is -2.38. The van der Waals surface area contributed by atoms with E-state index in [0.29, 0.717) is 4.90 Å². The molecule has 2 aliphatic rings. The highest BCUT2D eigenvalue weighted by molar-refractivity contribution is 6.45. The SMILES string of the molecule is C=CCN1C(=O)C(=O)N(CC(=O)N[C@H]2CCc3ccccc32)C1=O. The molecule has 1 saturated heterocycles. The highest BCUT2D eigenvalue weighted by Crippen LogP contribution is 2.30. The number of hydrogen-bond donors (Lipinski definition) is 1. The minimum absolute atomic E-state index is 0.0580. The number of carbonyl (C=O) groups is 4. The van der Waals surface area contributed by atoms with Crippen LogP contribution in [0.3, 0.4) is 0 Å². The maximum atomic E-state index is 12.2. The first kappa shape index (κ1) is 15.9. The lowest BCUT2D eigenvalue weighted by atomic mass is 10.1. The standard InChI is InChI=1S/C17H17N3O4/c1-2-9-19-15(22)16(23)20(17(19)24)10-14(21)18-13-8-7-11-5-3-4-6-12(11)13/h2-6,13H,1,7-10H2,(H,18,21)/t13-/m0/s1. The molecule has 1 aliphatic heterocycles. The molecule has 7 heteroatoms. The van der Waals surface area contributed by atoms with Crippen LogP contribution >= 0.6 is 0 Å². The van der Waals surface area contributed by atoms with Crippen molar-refractivity contribution in [3.8, 4) is 0 Å². The van der Waals surface area contributed by atoms with Crippen molar-refractivity contribution in [2.45, 2.75) is 18.9 Å². The first-order chi connectivity index (χ1) is 11.5. The van der Waals surface area contributed by atoms with Crippen LogP contribution in [0.15, 0.2) is 36.9 Å². The summed E-state index contributed by atoms with van der Waals surface area (Å²) in [7, 11) is 0. The lowest BCUT2D eigenvalue weighted by Crippen LogP contribution is -2.42. The molecule has 1 aromatic rings. The van der Waals surface area contributed by atoms with Crippen LogP contribution in [0.4, 0.5) is 4.79 Å². The monoisotopic (exact) mass is 327 g/mol. The van der Waals surface area contributed by atoms with E-state index in [1.54, 1.807) is 0 Å². The zero-order valence-corrected chi connectivity index (χ0v) is 13.0. The summed E-state index contributed by atoms with van der Waals surface area (Å²) in [5.41, 5.74) is 2.23. The predicted octanol–water partition coefficient (Wildman–Crippen LogP) is 0.767. The Morgan fingerprint density at radius 3 is 2.67 bits per heavy atom. The molecule has 1 fully saturated rings. The normalized spacial score (nSPS) is 19.7. The summed E-state index contributed by atoms with van der Waals surface area (Å²) in [6, 6.07) is 6.90. The third-order valence-electron chi connectivity index (χ3n) is 4.22. The third-order valence-corrected chi connectivity index (χ3v) is 4.22. The van der Waals surface area contributed by atoms with E-state index >= 15 is 0 Å². The topological polar surface area (TPSA) is 86.8 Å². The average molecular weight is 327 g/mol. The van der Waals surface area contributed by atoms with Crippen molar-refractivity contribution in [2.24, 2.45) is 0 Å². The van der Waals surface area contributed by atoms with Crippen LogP contribution in [-0.4, -0.2) is 46.6 Å². The zero-order chi connectivity index (χ0) is 17.3. The number of imide groups is 2. The number of fused-ring (bicyclic) bond motifs is 1. The van der Waals surface area contributed by atoms with Crippen molar-refractivity contribution in [3.63, 3.8) is 0 Å². The number of nitrogens with zero attached hydrogens (tertiary/aromatic N) is 2. The molecule has 7 nitrogen and oxygen atoms in total. The minimum atomic E-state index is -0.983. The van der Waals surface area contributed by atoms with E-state index in [9.17, 15) is 19.2 Å². The van der Waals surface area contributed by atoms with Gasteiger partial charge in [0.15, 0.2) is 0 Å². The number of aryl methyl sites for hydroxylation is 1. The molecule has 1 heterocycles. The van der Waals surface area contributed by atoms with Gasteiger partial charge in [0.2, 0.25) is 5.91 Å². The summed E-state index contributed by atoms with van der Waals surface area (Å²) in [5, 5.41) is 2.83. The molecule has 0 bridgehead atoms. The summed E-state index contributed by atoms with van der Waals surface area (Å²) >= 11 is 0. The number of carbonyl (C=O) groups excluding carboxylic acids is 4. The van der Waals surface area contributed by atoms with E-state index in [-0.39, 0.29) is 12.6 Å². The molecule has 0 spiro atoms. The van der Waals surface area contributed by atoms with E-state index in [4.69, 9.17) is 0 Å². The molecule has 1 atom stereocenters. The van der Waals surface area contributed by atoms with E-state index in [0.717, 1.165) is 23.3 Å². The van der Waals surface area contributed by atoms with Gasteiger partial charge in [0.25, 0.3) is 0 Å². The summed E-state index contributed by atoms with van der Waals surface area (Å²) in [6.07, 6.45) is 2.99. The lowest BCUT2D eigenvalue weighted by molar-refractivity contribution is -0.143. The fourth-order valence-corrected chi connectivity index (χ4v) is 3.07. The molecule has 24 heavy (non-hydrogen) atoms. The van der Waals surface area contributed by atoms with Crippen molar-refractivity contribution in [3.05, 3.63) is 48.0 Å². The van der Waals surface area contributed by atoms with Crippen molar-refractivity contribution in [1.29, 1.82) is 0 Å². The van der Waals surface area contributed by atoms with E-state index in [1.807, 2.05) is 24.3 Å².